The van der Waals surface area contributed by atoms with Crippen molar-refractivity contribution in [2.45, 2.75) is 38.0 Å². The van der Waals surface area contributed by atoms with Gasteiger partial charge in [-0.2, -0.15) is 13.2 Å². The Kier molecular flexibility index (Phi) is 7.10. The topological polar surface area (TPSA) is 45.7 Å². The largest absolute Gasteiger partial charge is 0.416 e. The molecule has 2 saturated heterocycles. The van der Waals surface area contributed by atoms with Crippen LogP contribution in [0, 0.1) is 0 Å². The van der Waals surface area contributed by atoms with Crippen LogP contribution in [0.15, 0.2) is 42.5 Å². The Morgan fingerprint density at radius 1 is 1.03 bits per heavy atom. The number of pyridine rings is 1. The highest BCUT2D eigenvalue weighted by Gasteiger charge is 2.33. The van der Waals surface area contributed by atoms with E-state index in [9.17, 15) is 18.0 Å². The summed E-state index contributed by atoms with van der Waals surface area (Å²) in [6, 6.07) is 11.0. The molecule has 1 aromatic carbocycles. The Bertz CT molecular complexity index is 929. The molecule has 2 aliphatic heterocycles. The minimum Gasteiger partial charge on any atom is -0.369 e. The third-order valence-corrected chi connectivity index (χ3v) is 6.07. The van der Waals surface area contributed by atoms with E-state index in [1.807, 2.05) is 11.0 Å². The fourth-order valence-electron chi connectivity index (χ4n) is 4.38. The normalized spacial score (nSPS) is 20.3. The minimum absolute atomic E-state index is 0.0907. The van der Waals surface area contributed by atoms with Crippen LogP contribution in [0.5, 0.6) is 0 Å². The van der Waals surface area contributed by atoms with Gasteiger partial charge in [-0.25, -0.2) is 0 Å². The van der Waals surface area contributed by atoms with Crippen LogP contribution in [0.25, 0.3) is 0 Å². The van der Waals surface area contributed by atoms with Crippen molar-refractivity contribution in [2.24, 2.45) is 0 Å². The number of amides is 1. The summed E-state index contributed by atoms with van der Waals surface area (Å²) in [5, 5.41) is 0. The monoisotopic (exact) mass is 447 g/mol. The molecule has 0 radical (unpaired) electrons. The van der Waals surface area contributed by atoms with Crippen molar-refractivity contribution < 1.29 is 22.7 Å². The molecule has 2 fully saturated rings. The second-order valence-corrected chi connectivity index (χ2v) is 8.42. The summed E-state index contributed by atoms with van der Waals surface area (Å²) < 4.78 is 45.9. The lowest BCUT2D eigenvalue weighted by molar-refractivity contribution is -0.138. The number of morpholine rings is 1. The quantitative estimate of drug-likeness (QED) is 0.693. The van der Waals surface area contributed by atoms with Crippen LogP contribution in [-0.2, 0) is 22.1 Å². The zero-order valence-corrected chi connectivity index (χ0v) is 18.0. The van der Waals surface area contributed by atoms with Crippen molar-refractivity contribution in [2.75, 3.05) is 39.3 Å². The van der Waals surface area contributed by atoms with Crippen molar-refractivity contribution in [1.29, 1.82) is 0 Å². The second kappa shape index (κ2) is 10.0. The van der Waals surface area contributed by atoms with Gasteiger partial charge in [-0.3, -0.25) is 14.7 Å². The number of alkyl halides is 3. The number of nitrogens with zero attached hydrogens (tertiary/aromatic N) is 3. The van der Waals surface area contributed by atoms with Crippen molar-refractivity contribution >= 4 is 5.91 Å². The van der Waals surface area contributed by atoms with E-state index in [0.29, 0.717) is 37.6 Å². The standard InChI is InChI=1S/C24H28F3N3O2/c25-24(26,27)20-9-3-2-7-18(20)15-19-8-6-10-21(28-19)22-16-29(13-14-32-22)17-23(31)30-11-4-1-5-12-30/h2-3,6-10,22H,1,4-5,11-17H2. The Balaban J connectivity index is 1.42. The number of aromatic nitrogens is 1. The first-order chi connectivity index (χ1) is 15.4. The van der Waals surface area contributed by atoms with Crippen molar-refractivity contribution in [3.05, 3.63) is 65.0 Å². The van der Waals surface area contributed by atoms with E-state index in [4.69, 9.17) is 4.74 Å². The van der Waals surface area contributed by atoms with Gasteiger partial charge >= 0.3 is 6.18 Å². The number of halogens is 3. The minimum atomic E-state index is -4.40. The van der Waals surface area contributed by atoms with E-state index in [1.54, 1.807) is 18.2 Å². The fraction of sp³-hybridized carbons (Fsp3) is 0.500. The van der Waals surface area contributed by atoms with Gasteiger partial charge in [-0.15, -0.1) is 0 Å². The predicted octanol–water partition coefficient (Wildman–Crippen LogP) is 4.08. The summed E-state index contributed by atoms with van der Waals surface area (Å²) in [7, 11) is 0. The van der Waals surface area contributed by atoms with Crippen LogP contribution in [0.2, 0.25) is 0 Å². The average molecular weight is 448 g/mol. The molecule has 1 amide bonds. The van der Waals surface area contributed by atoms with Gasteiger partial charge in [-0.05, 0) is 43.0 Å². The van der Waals surface area contributed by atoms with Crippen LogP contribution in [-0.4, -0.2) is 60.0 Å². The highest BCUT2D eigenvalue weighted by Crippen LogP contribution is 2.33. The molecule has 8 heteroatoms. The molecule has 4 rings (SSSR count). The van der Waals surface area contributed by atoms with Gasteiger partial charge in [0, 0.05) is 38.3 Å². The summed E-state index contributed by atoms with van der Waals surface area (Å²) in [6.45, 7) is 3.72. The SMILES string of the molecule is O=C(CN1CCOC(c2cccc(Cc3ccccc3C(F)(F)F)n2)C1)N1CCCCC1. The molecule has 172 valence electrons. The number of ether oxygens (including phenoxy) is 1. The lowest BCUT2D eigenvalue weighted by atomic mass is 10.0. The summed E-state index contributed by atoms with van der Waals surface area (Å²) in [5.41, 5.74) is 0.804. The van der Waals surface area contributed by atoms with Gasteiger partial charge in [-0.1, -0.05) is 24.3 Å². The number of hydrogen-bond donors (Lipinski definition) is 0. The second-order valence-electron chi connectivity index (χ2n) is 8.42. The zero-order chi connectivity index (χ0) is 22.6. The van der Waals surface area contributed by atoms with Crippen molar-refractivity contribution in [3.8, 4) is 0 Å². The van der Waals surface area contributed by atoms with Gasteiger partial charge in [0.15, 0.2) is 0 Å². The van der Waals surface area contributed by atoms with Gasteiger partial charge in [0.1, 0.15) is 6.10 Å². The molecule has 32 heavy (non-hydrogen) atoms. The molecule has 1 unspecified atom stereocenters. The summed E-state index contributed by atoms with van der Waals surface area (Å²) >= 11 is 0. The lowest BCUT2D eigenvalue weighted by Crippen LogP contribution is -2.46. The molecule has 3 heterocycles. The molecule has 2 aliphatic rings. The lowest BCUT2D eigenvalue weighted by Gasteiger charge is -2.34. The summed E-state index contributed by atoms with van der Waals surface area (Å²) in [5.74, 6) is 0.149. The number of hydrogen-bond acceptors (Lipinski definition) is 4. The van der Waals surface area contributed by atoms with Crippen molar-refractivity contribution in [3.63, 3.8) is 0 Å². The summed E-state index contributed by atoms with van der Waals surface area (Å²) in [4.78, 5) is 21.2. The first-order valence-corrected chi connectivity index (χ1v) is 11.1. The molecule has 5 nitrogen and oxygen atoms in total. The molecular formula is C24H28F3N3O2. The van der Waals surface area contributed by atoms with E-state index in [0.717, 1.165) is 32.0 Å². The number of piperidine rings is 1. The van der Waals surface area contributed by atoms with Gasteiger partial charge in [0.2, 0.25) is 5.91 Å². The predicted molar refractivity (Wildman–Crippen MR) is 114 cm³/mol. The Morgan fingerprint density at radius 2 is 1.81 bits per heavy atom. The van der Waals surface area contributed by atoms with E-state index in [2.05, 4.69) is 9.88 Å². The van der Waals surface area contributed by atoms with Crippen molar-refractivity contribution in [1.82, 2.24) is 14.8 Å². The van der Waals surface area contributed by atoms with Crippen LogP contribution in [0.1, 0.15) is 47.9 Å². The van der Waals surface area contributed by atoms with Gasteiger partial charge < -0.3 is 9.64 Å². The smallest absolute Gasteiger partial charge is 0.369 e. The molecule has 1 aromatic heterocycles. The number of likely N-dealkylation sites (tertiary alicyclic amines) is 1. The molecule has 0 spiro atoms. The number of rotatable bonds is 5. The maximum Gasteiger partial charge on any atom is 0.416 e. The molecule has 0 N–H and O–H groups in total. The van der Waals surface area contributed by atoms with E-state index >= 15 is 0 Å². The van der Waals surface area contributed by atoms with E-state index < -0.39 is 11.7 Å². The molecule has 2 aromatic rings. The molecular weight excluding hydrogens is 419 g/mol. The first kappa shape index (κ1) is 22.7. The Labute approximate surface area is 186 Å². The highest BCUT2D eigenvalue weighted by atomic mass is 19.4. The highest BCUT2D eigenvalue weighted by molar-refractivity contribution is 5.78. The number of benzene rings is 1. The van der Waals surface area contributed by atoms with Crippen LogP contribution < -0.4 is 0 Å². The maximum absolute atomic E-state index is 13.3. The van der Waals surface area contributed by atoms with Gasteiger partial charge in [0.25, 0.3) is 0 Å². The number of carbonyl (C=O) groups is 1. The van der Waals surface area contributed by atoms with E-state index in [-0.39, 0.29) is 24.0 Å². The van der Waals surface area contributed by atoms with Crippen LogP contribution in [0.4, 0.5) is 13.2 Å². The third kappa shape index (κ3) is 5.66. The first-order valence-electron chi connectivity index (χ1n) is 11.1. The fourth-order valence-corrected chi connectivity index (χ4v) is 4.38. The molecule has 0 aliphatic carbocycles. The molecule has 0 saturated carbocycles. The third-order valence-electron chi connectivity index (χ3n) is 6.07. The number of carbonyl (C=O) groups excluding carboxylic acids is 1. The van der Waals surface area contributed by atoms with Gasteiger partial charge in [0.05, 0.1) is 24.4 Å². The Morgan fingerprint density at radius 3 is 2.59 bits per heavy atom. The molecule has 1 atom stereocenters. The summed E-state index contributed by atoms with van der Waals surface area (Å²) in [6.07, 6.45) is -1.32. The van der Waals surface area contributed by atoms with E-state index in [1.165, 1.54) is 18.6 Å². The Hall–Kier alpha value is -2.45. The zero-order valence-electron chi connectivity index (χ0n) is 18.0. The van der Waals surface area contributed by atoms with Crippen LogP contribution in [0.3, 0.4) is 0 Å². The molecule has 0 bridgehead atoms. The van der Waals surface area contributed by atoms with Crippen LogP contribution >= 0.6 is 0 Å². The average Bonchev–Trinajstić information content (AvgIpc) is 2.80. The maximum atomic E-state index is 13.3.